The van der Waals surface area contributed by atoms with Crippen LogP contribution in [0.3, 0.4) is 0 Å². The summed E-state index contributed by atoms with van der Waals surface area (Å²) in [6.45, 7) is 3.44. The first-order valence-corrected chi connectivity index (χ1v) is 4.47. The number of nitrogens with zero attached hydrogens (tertiary/aromatic N) is 1. The van der Waals surface area contributed by atoms with Crippen molar-refractivity contribution in [3.05, 3.63) is 29.5 Å². The third kappa shape index (κ3) is 1.48. The van der Waals surface area contributed by atoms with Crippen LogP contribution in [-0.4, -0.2) is 5.91 Å². The second kappa shape index (κ2) is 3.18. The topological polar surface area (TPSA) is 43.2 Å². The van der Waals surface area contributed by atoms with E-state index in [2.05, 4.69) is 10.6 Å². The summed E-state index contributed by atoms with van der Waals surface area (Å²) >= 11 is 0. The normalized spacial score (nSPS) is 12.9. The molecule has 1 aliphatic rings. The van der Waals surface area contributed by atoms with Crippen LogP contribution in [-0.2, 0) is 4.79 Å². The van der Waals surface area contributed by atoms with Crippen LogP contribution in [0.25, 0.3) is 6.08 Å². The van der Waals surface area contributed by atoms with Gasteiger partial charge in [0.25, 0.3) is 0 Å². The molecule has 1 heterocycles. The smallest absolute Gasteiger partial charge is 0.221 e. The van der Waals surface area contributed by atoms with Gasteiger partial charge >= 0.3 is 0 Å². The largest absolute Gasteiger partial charge is 0.326 e. The molecular formula is C11H11N2O. The Balaban J connectivity index is 2.42. The fourth-order valence-electron chi connectivity index (χ4n) is 1.53. The summed E-state index contributed by atoms with van der Waals surface area (Å²) in [5.74, 6) is -0.0589. The zero-order chi connectivity index (χ0) is 10.1. The lowest BCUT2D eigenvalue weighted by Gasteiger charge is -2.06. The molecule has 3 heteroatoms. The monoisotopic (exact) mass is 187 g/mol. The summed E-state index contributed by atoms with van der Waals surface area (Å²) in [6.07, 6.45) is 1.97. The number of allylic oxidation sites excluding steroid dienone is 1. The van der Waals surface area contributed by atoms with Gasteiger partial charge in [-0.25, -0.2) is 0 Å². The molecule has 0 aliphatic carbocycles. The minimum atomic E-state index is -0.0589. The molecule has 0 saturated carbocycles. The summed E-state index contributed by atoms with van der Waals surface area (Å²) in [5.41, 5.74) is 3.72. The predicted molar refractivity (Wildman–Crippen MR) is 56.2 cm³/mol. The molecule has 0 spiro atoms. The van der Waals surface area contributed by atoms with Crippen LogP contribution in [0, 0.1) is 0 Å². The van der Waals surface area contributed by atoms with Crippen molar-refractivity contribution in [3.63, 3.8) is 0 Å². The Bertz CT molecular complexity index is 421. The van der Waals surface area contributed by atoms with Gasteiger partial charge < -0.3 is 5.32 Å². The highest BCUT2D eigenvalue weighted by Gasteiger charge is 2.14. The SMILES string of the molecule is CC(=O)Nc1cccc2c1C=C(C)[N]2. The van der Waals surface area contributed by atoms with Crippen molar-refractivity contribution in [2.24, 2.45) is 0 Å². The summed E-state index contributed by atoms with van der Waals surface area (Å²) < 4.78 is 0. The van der Waals surface area contributed by atoms with Gasteiger partial charge in [-0.1, -0.05) is 6.07 Å². The number of carbonyl (C=O) groups excluding carboxylic acids is 1. The molecule has 71 valence electrons. The molecule has 0 saturated heterocycles. The van der Waals surface area contributed by atoms with Crippen molar-refractivity contribution in [2.45, 2.75) is 13.8 Å². The van der Waals surface area contributed by atoms with Crippen LogP contribution in [0.15, 0.2) is 23.9 Å². The van der Waals surface area contributed by atoms with E-state index >= 15 is 0 Å². The van der Waals surface area contributed by atoms with Crippen molar-refractivity contribution in [3.8, 4) is 0 Å². The van der Waals surface area contributed by atoms with E-state index in [0.717, 1.165) is 22.6 Å². The van der Waals surface area contributed by atoms with E-state index < -0.39 is 0 Å². The molecule has 14 heavy (non-hydrogen) atoms. The number of anilines is 1. The number of fused-ring (bicyclic) bond motifs is 1. The van der Waals surface area contributed by atoms with Crippen LogP contribution >= 0.6 is 0 Å². The lowest BCUT2D eigenvalue weighted by molar-refractivity contribution is -0.114. The lowest BCUT2D eigenvalue weighted by atomic mass is 10.1. The van der Waals surface area contributed by atoms with Crippen LogP contribution in [0.5, 0.6) is 0 Å². The van der Waals surface area contributed by atoms with Crippen LogP contribution in [0.2, 0.25) is 0 Å². The minimum Gasteiger partial charge on any atom is -0.326 e. The van der Waals surface area contributed by atoms with Crippen molar-refractivity contribution >= 4 is 23.4 Å². The third-order valence-corrected chi connectivity index (χ3v) is 2.04. The summed E-state index contributed by atoms with van der Waals surface area (Å²) in [5, 5.41) is 7.11. The molecule has 2 rings (SSSR count). The van der Waals surface area contributed by atoms with Gasteiger partial charge in [0.2, 0.25) is 5.91 Å². The Morgan fingerprint density at radius 2 is 2.21 bits per heavy atom. The maximum absolute atomic E-state index is 10.9. The first-order chi connectivity index (χ1) is 6.66. The Labute approximate surface area is 82.8 Å². The predicted octanol–water partition coefficient (Wildman–Crippen LogP) is 2.26. The van der Waals surface area contributed by atoms with Gasteiger partial charge in [0.1, 0.15) is 0 Å². The van der Waals surface area contributed by atoms with Gasteiger partial charge in [-0.3, -0.25) is 10.1 Å². The van der Waals surface area contributed by atoms with Crippen molar-refractivity contribution < 1.29 is 4.79 Å². The summed E-state index contributed by atoms with van der Waals surface area (Å²) in [7, 11) is 0. The fraction of sp³-hybridized carbons (Fsp3) is 0.182. The standard InChI is InChI=1S/C11H11N2O/c1-7-6-9-10(12-7)4-3-5-11(9)13-8(2)14/h3-6H,1-2H3,(H,13,14). The molecule has 0 unspecified atom stereocenters. The molecule has 0 atom stereocenters. The third-order valence-electron chi connectivity index (χ3n) is 2.04. The zero-order valence-electron chi connectivity index (χ0n) is 8.16. The highest BCUT2D eigenvalue weighted by molar-refractivity contribution is 5.94. The number of benzene rings is 1. The Hall–Kier alpha value is -1.77. The maximum atomic E-state index is 10.9. The van der Waals surface area contributed by atoms with E-state index in [0.29, 0.717) is 0 Å². The number of nitrogens with one attached hydrogen (secondary N) is 1. The van der Waals surface area contributed by atoms with E-state index in [4.69, 9.17) is 0 Å². The molecule has 0 bridgehead atoms. The molecule has 3 nitrogen and oxygen atoms in total. The first-order valence-electron chi connectivity index (χ1n) is 4.47. The quantitative estimate of drug-likeness (QED) is 0.720. The molecule has 1 aromatic carbocycles. The number of hydrogen-bond donors (Lipinski definition) is 1. The van der Waals surface area contributed by atoms with Gasteiger partial charge in [0.05, 0.1) is 11.4 Å². The second-order valence-corrected chi connectivity index (χ2v) is 3.32. The van der Waals surface area contributed by atoms with Crippen LogP contribution < -0.4 is 10.6 Å². The highest BCUT2D eigenvalue weighted by atomic mass is 16.1. The summed E-state index contributed by atoms with van der Waals surface area (Å²) in [4.78, 5) is 10.9. The number of rotatable bonds is 1. The molecule has 0 aromatic heterocycles. The van der Waals surface area contributed by atoms with Crippen molar-refractivity contribution in [1.29, 1.82) is 0 Å². The number of amides is 1. The number of carbonyl (C=O) groups is 1. The first kappa shape index (κ1) is 8.81. The Morgan fingerprint density at radius 1 is 1.43 bits per heavy atom. The molecular weight excluding hydrogens is 176 g/mol. The fourth-order valence-corrected chi connectivity index (χ4v) is 1.53. The van der Waals surface area contributed by atoms with E-state index in [1.165, 1.54) is 6.92 Å². The van der Waals surface area contributed by atoms with E-state index in [9.17, 15) is 4.79 Å². The Morgan fingerprint density at radius 3 is 2.93 bits per heavy atom. The molecule has 1 aliphatic heterocycles. The molecule has 1 aromatic rings. The molecule has 1 amide bonds. The maximum Gasteiger partial charge on any atom is 0.221 e. The Kier molecular flexibility index (Phi) is 2.00. The lowest BCUT2D eigenvalue weighted by Crippen LogP contribution is -2.06. The molecule has 1 radical (unpaired) electrons. The second-order valence-electron chi connectivity index (χ2n) is 3.32. The zero-order valence-corrected chi connectivity index (χ0v) is 8.16. The molecule has 0 fully saturated rings. The van der Waals surface area contributed by atoms with E-state index in [1.807, 2.05) is 31.2 Å². The van der Waals surface area contributed by atoms with E-state index in [-0.39, 0.29) is 5.91 Å². The van der Waals surface area contributed by atoms with Crippen LogP contribution in [0.4, 0.5) is 11.4 Å². The van der Waals surface area contributed by atoms with Gasteiger partial charge in [-0.15, -0.1) is 0 Å². The van der Waals surface area contributed by atoms with Gasteiger partial charge in [-0.2, -0.15) is 0 Å². The van der Waals surface area contributed by atoms with E-state index in [1.54, 1.807) is 0 Å². The number of hydrogen-bond acceptors (Lipinski definition) is 1. The highest BCUT2D eigenvalue weighted by Crippen LogP contribution is 2.32. The molecule has 1 N–H and O–H groups in total. The average molecular weight is 187 g/mol. The average Bonchev–Trinajstić information content (AvgIpc) is 2.45. The van der Waals surface area contributed by atoms with Crippen LogP contribution in [0.1, 0.15) is 19.4 Å². The van der Waals surface area contributed by atoms with Gasteiger partial charge in [0, 0.05) is 18.2 Å². The minimum absolute atomic E-state index is 0.0589. The van der Waals surface area contributed by atoms with Crippen molar-refractivity contribution in [1.82, 2.24) is 5.32 Å². The van der Waals surface area contributed by atoms with Gasteiger partial charge in [-0.05, 0) is 25.1 Å². The summed E-state index contributed by atoms with van der Waals surface area (Å²) in [6, 6.07) is 5.71. The van der Waals surface area contributed by atoms with Gasteiger partial charge in [0.15, 0.2) is 0 Å². The van der Waals surface area contributed by atoms with Crippen molar-refractivity contribution in [2.75, 3.05) is 5.32 Å².